The minimum Gasteiger partial charge on any atom is -0.486 e. The Morgan fingerprint density at radius 1 is 0.683 bits per heavy atom. The Balaban J connectivity index is 1.14. The van der Waals surface area contributed by atoms with Crippen LogP contribution in [-0.2, 0) is 22.8 Å². The van der Waals surface area contributed by atoms with Gasteiger partial charge in [-0.1, -0.05) is 29.4 Å². The van der Waals surface area contributed by atoms with Crippen LogP contribution in [0.4, 0.5) is 0 Å². The standard InChI is InChI=1S/C31H23N3O5S2/c35-30(36)19-39-34-31(20-9-13-22(14-10-20)37-17-28-32-24-5-1-3-7-26(24)40-28)21-11-15-23(16-12-21)38-18-29-33-25-6-2-4-8-27(25)41-29/h1-16H,17-19H2,(H,35,36). The van der Waals surface area contributed by atoms with Gasteiger partial charge in [0.1, 0.15) is 40.4 Å². The molecule has 8 nitrogen and oxygen atoms in total. The molecule has 0 amide bonds. The molecule has 0 saturated carbocycles. The lowest BCUT2D eigenvalue weighted by molar-refractivity contribution is -0.142. The highest BCUT2D eigenvalue weighted by molar-refractivity contribution is 7.18. The Kier molecular flexibility index (Phi) is 7.83. The van der Waals surface area contributed by atoms with E-state index in [9.17, 15) is 4.79 Å². The van der Waals surface area contributed by atoms with Gasteiger partial charge in [0.05, 0.1) is 20.4 Å². The predicted octanol–water partition coefficient (Wildman–Crippen LogP) is 6.92. The molecule has 2 aromatic heterocycles. The average Bonchev–Trinajstić information content (AvgIpc) is 3.61. The minimum atomic E-state index is -1.11. The van der Waals surface area contributed by atoms with Crippen LogP contribution >= 0.6 is 22.7 Å². The zero-order valence-electron chi connectivity index (χ0n) is 21.6. The Labute approximate surface area is 243 Å². The molecule has 0 aliphatic heterocycles. The van der Waals surface area contributed by atoms with Crippen molar-refractivity contribution in [2.24, 2.45) is 5.16 Å². The number of carboxylic acid groups (broad SMARTS) is 1. The number of hydrogen-bond acceptors (Lipinski definition) is 9. The number of ether oxygens (including phenoxy) is 2. The summed E-state index contributed by atoms with van der Waals surface area (Å²) in [7, 11) is 0. The lowest BCUT2D eigenvalue weighted by Gasteiger charge is -2.10. The van der Waals surface area contributed by atoms with E-state index in [-0.39, 0.29) is 0 Å². The second kappa shape index (κ2) is 12.2. The van der Waals surface area contributed by atoms with Crippen LogP contribution in [0.25, 0.3) is 20.4 Å². The minimum absolute atomic E-state index is 0.361. The molecule has 4 aromatic carbocycles. The molecule has 0 bridgehead atoms. The number of benzene rings is 4. The first-order valence-electron chi connectivity index (χ1n) is 12.7. The zero-order chi connectivity index (χ0) is 28.0. The highest BCUT2D eigenvalue weighted by atomic mass is 32.1. The van der Waals surface area contributed by atoms with E-state index in [1.54, 1.807) is 22.7 Å². The number of para-hydroxylation sites is 2. The first-order chi connectivity index (χ1) is 20.1. The third-order valence-electron chi connectivity index (χ3n) is 6.00. The van der Waals surface area contributed by atoms with Gasteiger partial charge in [0, 0.05) is 11.1 Å². The Morgan fingerprint density at radius 2 is 1.15 bits per heavy atom. The fourth-order valence-corrected chi connectivity index (χ4v) is 5.86. The monoisotopic (exact) mass is 581 g/mol. The molecule has 2 heterocycles. The predicted molar refractivity (Wildman–Crippen MR) is 160 cm³/mol. The summed E-state index contributed by atoms with van der Waals surface area (Å²) in [6.07, 6.45) is 0. The molecule has 0 atom stereocenters. The number of thiazole rings is 2. The molecule has 41 heavy (non-hydrogen) atoms. The molecule has 0 aliphatic carbocycles. The summed E-state index contributed by atoms with van der Waals surface area (Å²) >= 11 is 3.21. The van der Waals surface area contributed by atoms with Gasteiger partial charge in [-0.3, -0.25) is 0 Å². The molecular weight excluding hydrogens is 558 g/mol. The van der Waals surface area contributed by atoms with Crippen molar-refractivity contribution in [2.45, 2.75) is 13.2 Å². The SMILES string of the molecule is O=C(O)CON=C(c1ccc(OCc2nc3ccccc3s2)cc1)c1ccc(OCc2nc3ccccc3s2)cc1. The van der Waals surface area contributed by atoms with Crippen molar-refractivity contribution in [3.63, 3.8) is 0 Å². The van der Waals surface area contributed by atoms with Crippen molar-refractivity contribution in [2.75, 3.05) is 6.61 Å². The van der Waals surface area contributed by atoms with Gasteiger partial charge in [0.25, 0.3) is 0 Å². The maximum Gasteiger partial charge on any atom is 0.344 e. The van der Waals surface area contributed by atoms with Gasteiger partial charge in [-0.05, 0) is 72.8 Å². The number of carboxylic acids is 1. The molecule has 0 radical (unpaired) electrons. The highest BCUT2D eigenvalue weighted by Gasteiger charge is 2.12. The number of nitrogens with zero attached hydrogens (tertiary/aromatic N) is 3. The van der Waals surface area contributed by atoms with Crippen LogP contribution in [0.5, 0.6) is 11.5 Å². The highest BCUT2D eigenvalue weighted by Crippen LogP contribution is 2.25. The van der Waals surface area contributed by atoms with Crippen LogP contribution in [-0.4, -0.2) is 33.4 Å². The van der Waals surface area contributed by atoms with Gasteiger partial charge >= 0.3 is 5.97 Å². The molecule has 0 saturated heterocycles. The second-order valence-electron chi connectivity index (χ2n) is 8.88. The summed E-state index contributed by atoms with van der Waals surface area (Å²) in [5.74, 6) is 0.250. The van der Waals surface area contributed by atoms with Crippen LogP contribution in [0.15, 0.2) is 102 Å². The van der Waals surface area contributed by atoms with Crippen molar-refractivity contribution in [1.29, 1.82) is 0 Å². The van der Waals surface area contributed by atoms with E-state index < -0.39 is 12.6 Å². The normalized spacial score (nSPS) is 10.9. The van der Waals surface area contributed by atoms with Gasteiger partial charge < -0.3 is 19.4 Å². The maximum atomic E-state index is 11.0. The van der Waals surface area contributed by atoms with Gasteiger partial charge in [0.15, 0.2) is 0 Å². The summed E-state index contributed by atoms with van der Waals surface area (Å²) in [6, 6.07) is 30.8. The van der Waals surface area contributed by atoms with Crippen LogP contribution in [0.2, 0.25) is 0 Å². The van der Waals surface area contributed by atoms with Crippen LogP contribution in [0.1, 0.15) is 21.1 Å². The summed E-state index contributed by atoms with van der Waals surface area (Å²) in [6.45, 7) is 0.176. The zero-order valence-corrected chi connectivity index (χ0v) is 23.2. The van der Waals surface area contributed by atoms with E-state index in [0.717, 1.165) is 41.6 Å². The van der Waals surface area contributed by atoms with Crippen LogP contribution in [0, 0.1) is 0 Å². The third-order valence-corrected chi connectivity index (χ3v) is 8.02. The van der Waals surface area contributed by atoms with E-state index in [1.807, 2.05) is 97.1 Å². The van der Waals surface area contributed by atoms with Gasteiger partial charge in [-0.15, -0.1) is 22.7 Å². The number of hydrogen-bond donors (Lipinski definition) is 1. The third kappa shape index (κ3) is 6.51. The molecule has 6 rings (SSSR count). The van der Waals surface area contributed by atoms with Crippen molar-refractivity contribution < 1.29 is 24.2 Å². The molecule has 204 valence electrons. The Hall–Kier alpha value is -4.80. The van der Waals surface area contributed by atoms with E-state index in [2.05, 4.69) is 15.1 Å². The van der Waals surface area contributed by atoms with Crippen molar-refractivity contribution in [1.82, 2.24) is 9.97 Å². The molecule has 0 fully saturated rings. The number of oxime groups is 1. The number of aromatic nitrogens is 2. The topological polar surface area (TPSA) is 103 Å². The fourth-order valence-electron chi connectivity index (χ4n) is 4.10. The van der Waals surface area contributed by atoms with Gasteiger partial charge in [-0.25, -0.2) is 14.8 Å². The van der Waals surface area contributed by atoms with E-state index in [4.69, 9.17) is 19.4 Å². The first-order valence-corrected chi connectivity index (χ1v) is 14.3. The van der Waals surface area contributed by atoms with E-state index in [1.165, 1.54) is 0 Å². The molecule has 0 aliphatic rings. The molecule has 6 aromatic rings. The fraction of sp³-hybridized carbons (Fsp3) is 0.0968. The maximum absolute atomic E-state index is 11.0. The molecule has 1 N–H and O–H groups in total. The smallest absolute Gasteiger partial charge is 0.344 e. The molecule has 0 unspecified atom stereocenters. The van der Waals surface area contributed by atoms with Gasteiger partial charge in [0.2, 0.25) is 6.61 Å². The quantitative estimate of drug-likeness (QED) is 0.131. The summed E-state index contributed by atoms with van der Waals surface area (Å²) in [5.41, 5.74) is 3.89. The summed E-state index contributed by atoms with van der Waals surface area (Å²) in [5, 5.41) is 14.9. The number of carbonyl (C=O) groups is 1. The summed E-state index contributed by atoms with van der Waals surface area (Å²) in [4.78, 5) is 25.3. The van der Waals surface area contributed by atoms with Crippen molar-refractivity contribution in [3.8, 4) is 11.5 Å². The lowest BCUT2D eigenvalue weighted by Crippen LogP contribution is -2.08. The average molecular weight is 582 g/mol. The Bertz CT molecular complexity index is 1640. The molecule has 0 spiro atoms. The molecule has 10 heteroatoms. The van der Waals surface area contributed by atoms with Crippen molar-refractivity contribution >= 4 is 54.8 Å². The lowest BCUT2D eigenvalue weighted by atomic mass is 10.0. The van der Waals surface area contributed by atoms with Crippen LogP contribution < -0.4 is 9.47 Å². The second-order valence-corrected chi connectivity index (χ2v) is 11.1. The van der Waals surface area contributed by atoms with Gasteiger partial charge in [-0.2, -0.15) is 0 Å². The van der Waals surface area contributed by atoms with E-state index in [0.29, 0.717) is 30.4 Å². The number of fused-ring (bicyclic) bond motifs is 2. The summed E-state index contributed by atoms with van der Waals surface area (Å²) < 4.78 is 14.1. The van der Waals surface area contributed by atoms with Crippen LogP contribution in [0.3, 0.4) is 0 Å². The Morgan fingerprint density at radius 3 is 1.59 bits per heavy atom. The van der Waals surface area contributed by atoms with E-state index >= 15 is 0 Å². The first kappa shape index (κ1) is 26.4. The largest absolute Gasteiger partial charge is 0.486 e. The van der Waals surface area contributed by atoms with Crippen molar-refractivity contribution in [3.05, 3.63) is 118 Å². The molecular formula is C31H23N3O5S2. The number of aliphatic carboxylic acids is 1. The number of rotatable bonds is 11.